The third-order valence-corrected chi connectivity index (χ3v) is 6.50. The van der Waals surface area contributed by atoms with Crippen LogP contribution in [0.15, 0.2) is 28.7 Å². The quantitative estimate of drug-likeness (QED) is 0.861. The molecule has 0 amide bonds. The molecular weight excluding hydrogens is 330 g/mol. The molecule has 0 saturated heterocycles. The van der Waals surface area contributed by atoms with Gasteiger partial charge in [0.2, 0.25) is 0 Å². The molecule has 0 radical (unpaired) electrons. The van der Waals surface area contributed by atoms with Gasteiger partial charge in [0.25, 0.3) is 0 Å². The topological polar surface area (TPSA) is 49.3 Å². The highest BCUT2D eigenvalue weighted by molar-refractivity contribution is 9.10. The Balaban J connectivity index is 1.70. The fraction of sp³-hybridized carbons (Fsp3) is 0.588. The van der Waals surface area contributed by atoms with E-state index >= 15 is 0 Å². The third kappa shape index (κ3) is 2.02. The van der Waals surface area contributed by atoms with Crippen molar-refractivity contribution in [2.24, 2.45) is 23.7 Å². The van der Waals surface area contributed by atoms with Crippen molar-refractivity contribution in [2.45, 2.75) is 37.6 Å². The zero-order valence-electron chi connectivity index (χ0n) is 11.9. The van der Waals surface area contributed by atoms with Gasteiger partial charge in [-0.05, 0) is 80.0 Å². The largest absolute Gasteiger partial charge is 0.479 e. The summed E-state index contributed by atoms with van der Waals surface area (Å²) in [5.74, 6) is 1.46. The molecule has 0 unspecified atom stereocenters. The number of carbonyl (C=O) groups is 1. The molecule has 4 aliphatic rings. The Morgan fingerprint density at radius 1 is 1.05 bits per heavy atom. The van der Waals surface area contributed by atoms with Crippen molar-refractivity contribution in [1.29, 1.82) is 0 Å². The van der Waals surface area contributed by atoms with E-state index in [4.69, 9.17) is 0 Å². The number of benzene rings is 1. The molecule has 3 nitrogen and oxygen atoms in total. The Morgan fingerprint density at radius 3 is 2.05 bits per heavy atom. The maximum atomic E-state index is 12.2. The normalized spacial score (nSPS) is 40.2. The molecule has 21 heavy (non-hydrogen) atoms. The molecule has 0 aliphatic heterocycles. The van der Waals surface area contributed by atoms with E-state index in [2.05, 4.69) is 21.2 Å². The summed E-state index contributed by atoms with van der Waals surface area (Å²) in [6, 6.07) is 7.88. The smallest absolute Gasteiger partial charge is 0.329 e. The van der Waals surface area contributed by atoms with Crippen molar-refractivity contribution in [3.8, 4) is 0 Å². The first-order valence-corrected chi connectivity index (χ1v) is 8.64. The molecule has 4 aliphatic carbocycles. The highest BCUT2D eigenvalue weighted by Gasteiger charge is 2.61. The van der Waals surface area contributed by atoms with Crippen molar-refractivity contribution in [2.75, 3.05) is 5.32 Å². The molecule has 0 aromatic heterocycles. The summed E-state index contributed by atoms with van der Waals surface area (Å²) >= 11 is 3.43. The van der Waals surface area contributed by atoms with Gasteiger partial charge >= 0.3 is 5.97 Å². The van der Waals surface area contributed by atoms with Crippen LogP contribution in [0.4, 0.5) is 5.69 Å². The van der Waals surface area contributed by atoms with E-state index in [1.807, 2.05) is 24.3 Å². The lowest BCUT2D eigenvalue weighted by Crippen LogP contribution is -2.65. The van der Waals surface area contributed by atoms with Crippen LogP contribution in [0.2, 0.25) is 0 Å². The van der Waals surface area contributed by atoms with Gasteiger partial charge in [-0.25, -0.2) is 4.79 Å². The summed E-state index contributed by atoms with van der Waals surface area (Å²) < 4.78 is 1.02. The van der Waals surface area contributed by atoms with Crippen molar-refractivity contribution < 1.29 is 9.90 Å². The molecular formula is C17H20BrNO2. The van der Waals surface area contributed by atoms with Crippen molar-refractivity contribution in [3.63, 3.8) is 0 Å². The Kier molecular flexibility index (Phi) is 3.07. The number of aliphatic carboxylic acids is 1. The maximum absolute atomic E-state index is 12.2. The summed E-state index contributed by atoms with van der Waals surface area (Å²) in [5, 5.41) is 13.5. The lowest BCUT2D eigenvalue weighted by Gasteiger charge is -2.59. The minimum atomic E-state index is -0.749. The summed E-state index contributed by atoms with van der Waals surface area (Å²) in [6.45, 7) is 0. The third-order valence-electron chi connectivity index (χ3n) is 5.98. The summed E-state index contributed by atoms with van der Waals surface area (Å²) in [5.41, 5.74) is 0.175. The van der Waals surface area contributed by atoms with Crippen LogP contribution in [0.5, 0.6) is 0 Å². The van der Waals surface area contributed by atoms with Gasteiger partial charge in [0.1, 0.15) is 5.54 Å². The molecule has 0 heterocycles. The molecule has 0 atom stereocenters. The zero-order chi connectivity index (χ0) is 14.6. The van der Waals surface area contributed by atoms with Gasteiger partial charge in [-0.1, -0.05) is 15.9 Å². The average molecular weight is 350 g/mol. The number of carboxylic acids is 1. The van der Waals surface area contributed by atoms with Crippen LogP contribution in [0.3, 0.4) is 0 Å². The van der Waals surface area contributed by atoms with Crippen LogP contribution in [0, 0.1) is 23.7 Å². The summed E-state index contributed by atoms with van der Waals surface area (Å²) in [4.78, 5) is 12.2. The van der Waals surface area contributed by atoms with Gasteiger partial charge in [0.15, 0.2) is 0 Å². The van der Waals surface area contributed by atoms with Crippen LogP contribution in [0.1, 0.15) is 32.1 Å². The number of anilines is 1. The number of carboxylic acid groups (broad SMARTS) is 1. The van der Waals surface area contributed by atoms with Crippen molar-refractivity contribution in [3.05, 3.63) is 28.7 Å². The molecule has 5 rings (SSSR count). The van der Waals surface area contributed by atoms with Gasteiger partial charge in [-0.15, -0.1) is 0 Å². The highest BCUT2D eigenvalue weighted by Crippen LogP contribution is 2.59. The number of nitrogens with one attached hydrogen (secondary N) is 1. The molecule has 4 fully saturated rings. The van der Waals surface area contributed by atoms with Crippen LogP contribution in [-0.4, -0.2) is 16.6 Å². The Bertz CT molecular complexity index is 541. The Morgan fingerprint density at radius 2 is 1.57 bits per heavy atom. The first-order valence-electron chi connectivity index (χ1n) is 7.85. The lowest BCUT2D eigenvalue weighted by molar-refractivity contribution is -0.157. The highest BCUT2D eigenvalue weighted by atomic mass is 79.9. The summed E-state index contributed by atoms with van der Waals surface area (Å²) in [7, 11) is 0. The number of hydrogen-bond donors (Lipinski definition) is 2. The first kappa shape index (κ1) is 13.6. The van der Waals surface area contributed by atoms with Crippen LogP contribution in [0.25, 0.3) is 0 Å². The van der Waals surface area contributed by atoms with Crippen LogP contribution < -0.4 is 5.32 Å². The molecule has 1 aromatic carbocycles. The number of halogens is 1. The predicted octanol–water partition coefficient (Wildman–Crippen LogP) is 4.14. The van der Waals surface area contributed by atoms with E-state index < -0.39 is 11.5 Å². The van der Waals surface area contributed by atoms with Gasteiger partial charge < -0.3 is 10.4 Å². The molecule has 4 heteroatoms. The second kappa shape index (κ2) is 4.73. The standard InChI is InChI=1S/C17H20BrNO2/c18-14-1-3-15(4-2-14)19-17(16(20)21)12-6-10-5-11(8-12)9-13(17)7-10/h1-4,10-13,19H,5-9H2,(H,20,21). The molecule has 1 aromatic rings. The minimum absolute atomic E-state index is 0.287. The Hall–Kier alpha value is -1.03. The lowest BCUT2D eigenvalue weighted by atomic mass is 9.48. The molecule has 4 saturated carbocycles. The average Bonchev–Trinajstić information content (AvgIpc) is 2.44. The van der Waals surface area contributed by atoms with Gasteiger partial charge in [0, 0.05) is 10.2 Å². The van der Waals surface area contributed by atoms with E-state index in [9.17, 15) is 9.90 Å². The minimum Gasteiger partial charge on any atom is -0.479 e. The second-order valence-corrected chi connectivity index (χ2v) is 8.03. The van der Waals surface area contributed by atoms with E-state index in [1.54, 1.807) is 0 Å². The second-order valence-electron chi connectivity index (χ2n) is 7.11. The summed E-state index contributed by atoms with van der Waals surface area (Å²) in [6.07, 6.45) is 5.68. The van der Waals surface area contributed by atoms with Gasteiger partial charge in [-0.3, -0.25) is 0 Å². The van der Waals surface area contributed by atoms with Crippen LogP contribution >= 0.6 is 15.9 Å². The first-order chi connectivity index (χ1) is 10.1. The number of hydrogen-bond acceptors (Lipinski definition) is 2. The number of rotatable bonds is 3. The fourth-order valence-corrected chi connectivity index (χ4v) is 5.57. The molecule has 112 valence electrons. The zero-order valence-corrected chi connectivity index (χ0v) is 13.5. The van der Waals surface area contributed by atoms with Crippen molar-refractivity contribution >= 4 is 27.6 Å². The van der Waals surface area contributed by atoms with E-state index in [0.29, 0.717) is 0 Å². The SMILES string of the molecule is O=C(O)C1(Nc2ccc(Br)cc2)C2CC3CC(C2)CC1C3. The van der Waals surface area contributed by atoms with Gasteiger partial charge in [-0.2, -0.15) is 0 Å². The van der Waals surface area contributed by atoms with Gasteiger partial charge in [0.05, 0.1) is 0 Å². The predicted molar refractivity (Wildman–Crippen MR) is 85.2 cm³/mol. The molecule has 2 N–H and O–H groups in total. The van der Waals surface area contributed by atoms with E-state index in [-0.39, 0.29) is 11.8 Å². The molecule has 4 bridgehead atoms. The monoisotopic (exact) mass is 349 g/mol. The van der Waals surface area contributed by atoms with Crippen molar-refractivity contribution in [1.82, 2.24) is 0 Å². The van der Waals surface area contributed by atoms with Crippen LogP contribution in [-0.2, 0) is 4.79 Å². The maximum Gasteiger partial charge on any atom is 0.329 e. The Labute approximate surface area is 133 Å². The molecule has 0 spiro atoms. The fourth-order valence-electron chi connectivity index (χ4n) is 5.31. The van der Waals surface area contributed by atoms with E-state index in [0.717, 1.165) is 47.7 Å². The van der Waals surface area contributed by atoms with E-state index in [1.165, 1.54) is 6.42 Å².